The van der Waals surface area contributed by atoms with Gasteiger partial charge in [0.2, 0.25) is 0 Å². The van der Waals surface area contributed by atoms with Crippen LogP contribution in [0.4, 0.5) is 5.69 Å². The molecule has 0 unspecified atom stereocenters. The molecule has 1 heterocycles. The smallest absolute Gasteiger partial charge is 0.271 e. The van der Waals surface area contributed by atoms with E-state index in [2.05, 4.69) is 10.2 Å². The highest BCUT2D eigenvalue weighted by atomic mass is 35.5. The number of nitrogens with zero attached hydrogens (tertiary/aromatic N) is 3. The third-order valence-corrected chi connectivity index (χ3v) is 3.15. The minimum Gasteiger partial charge on any atom is -0.485 e. The molecule has 2 rings (SSSR count). The molecule has 0 bridgehead atoms. The molecular weight excluding hydrogens is 278 g/mol. The maximum atomic E-state index is 10.5. The van der Waals surface area contributed by atoms with Crippen LogP contribution in [-0.4, -0.2) is 15.1 Å². The first kappa shape index (κ1) is 12.7. The Labute approximate surface area is 111 Å². The lowest BCUT2D eigenvalue weighted by atomic mass is 10.3. The van der Waals surface area contributed by atoms with Crippen LogP contribution in [0.15, 0.2) is 18.2 Å². The molecule has 0 radical (unpaired) electrons. The zero-order chi connectivity index (χ0) is 13.1. The first-order valence-electron chi connectivity index (χ1n) is 4.92. The Kier molecular flexibility index (Phi) is 3.73. The van der Waals surface area contributed by atoms with Crippen LogP contribution in [0.25, 0.3) is 0 Å². The normalized spacial score (nSPS) is 10.3. The third-order valence-electron chi connectivity index (χ3n) is 2.05. The van der Waals surface area contributed by atoms with Crippen molar-refractivity contribution in [3.05, 3.63) is 43.4 Å². The molecule has 0 atom stereocenters. The quantitative estimate of drug-likeness (QED) is 0.637. The molecule has 0 aliphatic rings. The van der Waals surface area contributed by atoms with Crippen LogP contribution in [0.3, 0.4) is 0 Å². The molecule has 0 amide bonds. The van der Waals surface area contributed by atoms with Gasteiger partial charge in [0, 0.05) is 12.1 Å². The second-order valence-corrected chi connectivity index (χ2v) is 5.05. The summed E-state index contributed by atoms with van der Waals surface area (Å²) in [4.78, 5) is 10.0. The average Bonchev–Trinajstić information content (AvgIpc) is 2.73. The van der Waals surface area contributed by atoms with Gasteiger partial charge in [-0.1, -0.05) is 22.9 Å². The van der Waals surface area contributed by atoms with Crippen molar-refractivity contribution in [3.8, 4) is 5.75 Å². The summed E-state index contributed by atoms with van der Waals surface area (Å²) < 4.78 is 5.42. The summed E-state index contributed by atoms with van der Waals surface area (Å²) in [6.45, 7) is 2.09. The summed E-state index contributed by atoms with van der Waals surface area (Å²) in [5.74, 6) is 0.384. The Morgan fingerprint density at radius 3 is 2.83 bits per heavy atom. The van der Waals surface area contributed by atoms with E-state index in [9.17, 15) is 10.1 Å². The predicted molar refractivity (Wildman–Crippen MR) is 67.1 cm³/mol. The highest BCUT2D eigenvalue weighted by Gasteiger charge is 2.11. The van der Waals surface area contributed by atoms with E-state index in [1.165, 1.54) is 29.5 Å². The Morgan fingerprint density at radius 2 is 2.28 bits per heavy atom. The molecule has 18 heavy (non-hydrogen) atoms. The van der Waals surface area contributed by atoms with Crippen molar-refractivity contribution in [2.24, 2.45) is 0 Å². The number of aromatic nitrogens is 2. The second kappa shape index (κ2) is 5.28. The number of nitro benzene ring substituents is 1. The number of ether oxygens (including phenoxy) is 1. The van der Waals surface area contributed by atoms with Gasteiger partial charge in [-0.2, -0.15) is 0 Å². The van der Waals surface area contributed by atoms with Gasteiger partial charge in [-0.05, 0) is 13.0 Å². The van der Waals surface area contributed by atoms with E-state index in [1.807, 2.05) is 6.92 Å². The van der Waals surface area contributed by atoms with Gasteiger partial charge in [-0.15, -0.1) is 10.2 Å². The molecule has 0 aliphatic carbocycles. The summed E-state index contributed by atoms with van der Waals surface area (Å²) in [6.07, 6.45) is 0. The number of aryl methyl sites for hydroxylation is 1. The van der Waals surface area contributed by atoms with E-state index in [1.54, 1.807) is 0 Å². The first-order valence-corrected chi connectivity index (χ1v) is 6.11. The van der Waals surface area contributed by atoms with Crippen molar-refractivity contribution in [1.29, 1.82) is 0 Å². The fourth-order valence-corrected chi connectivity index (χ4v) is 2.11. The molecule has 0 spiro atoms. The molecule has 0 fully saturated rings. The van der Waals surface area contributed by atoms with Gasteiger partial charge in [0.25, 0.3) is 5.69 Å². The highest BCUT2D eigenvalue weighted by molar-refractivity contribution is 7.11. The minimum atomic E-state index is -0.510. The van der Waals surface area contributed by atoms with Crippen LogP contribution in [0.2, 0.25) is 5.02 Å². The fourth-order valence-electron chi connectivity index (χ4n) is 1.26. The number of nitro groups is 1. The maximum absolute atomic E-state index is 10.5. The predicted octanol–water partition coefficient (Wildman–Crippen LogP) is 2.99. The molecule has 1 aromatic carbocycles. The van der Waals surface area contributed by atoms with E-state index in [-0.39, 0.29) is 17.3 Å². The molecule has 0 saturated heterocycles. The van der Waals surface area contributed by atoms with Crippen LogP contribution in [-0.2, 0) is 6.61 Å². The topological polar surface area (TPSA) is 78.2 Å². The Balaban J connectivity index is 2.08. The van der Waals surface area contributed by atoms with Crippen molar-refractivity contribution in [2.45, 2.75) is 13.5 Å². The standard InChI is InChI=1S/C10H8ClN3O3S/c1-6-12-13-10(18-6)5-17-9-3-2-7(14(15)16)4-8(9)11/h2-4H,5H2,1H3. The average molecular weight is 286 g/mol. The minimum absolute atomic E-state index is 0.0703. The van der Waals surface area contributed by atoms with Crippen molar-refractivity contribution in [2.75, 3.05) is 0 Å². The van der Waals surface area contributed by atoms with Gasteiger partial charge in [0.15, 0.2) is 5.01 Å². The largest absolute Gasteiger partial charge is 0.485 e. The van der Waals surface area contributed by atoms with Crippen molar-refractivity contribution < 1.29 is 9.66 Å². The summed E-state index contributed by atoms with van der Waals surface area (Å²) in [7, 11) is 0. The van der Waals surface area contributed by atoms with Crippen LogP contribution >= 0.6 is 22.9 Å². The van der Waals surface area contributed by atoms with Crippen LogP contribution in [0.1, 0.15) is 10.0 Å². The molecule has 1 aromatic heterocycles. The third kappa shape index (κ3) is 2.93. The zero-order valence-corrected chi connectivity index (χ0v) is 10.9. The monoisotopic (exact) mass is 285 g/mol. The lowest BCUT2D eigenvalue weighted by Crippen LogP contribution is -1.96. The Hall–Kier alpha value is -1.73. The van der Waals surface area contributed by atoms with Crippen LogP contribution in [0, 0.1) is 17.0 Å². The number of hydrogen-bond acceptors (Lipinski definition) is 6. The van der Waals surface area contributed by atoms with Gasteiger partial charge in [-0.3, -0.25) is 10.1 Å². The maximum Gasteiger partial charge on any atom is 0.271 e. The fraction of sp³-hybridized carbons (Fsp3) is 0.200. The highest BCUT2D eigenvalue weighted by Crippen LogP contribution is 2.29. The van der Waals surface area contributed by atoms with E-state index in [0.29, 0.717) is 5.75 Å². The lowest BCUT2D eigenvalue weighted by Gasteiger charge is -2.05. The summed E-state index contributed by atoms with van der Waals surface area (Å²) in [5, 5.41) is 20.1. The summed E-state index contributed by atoms with van der Waals surface area (Å²) in [6, 6.07) is 4.06. The second-order valence-electron chi connectivity index (χ2n) is 3.38. The van der Waals surface area contributed by atoms with E-state index in [0.717, 1.165) is 10.0 Å². The number of benzene rings is 1. The molecule has 0 N–H and O–H groups in total. The number of non-ortho nitro benzene ring substituents is 1. The molecule has 0 aliphatic heterocycles. The van der Waals surface area contributed by atoms with Crippen molar-refractivity contribution in [3.63, 3.8) is 0 Å². The van der Waals surface area contributed by atoms with Crippen molar-refractivity contribution >= 4 is 28.6 Å². The summed E-state index contributed by atoms with van der Waals surface area (Å²) >= 11 is 7.31. The summed E-state index contributed by atoms with van der Waals surface area (Å²) in [5.41, 5.74) is -0.0703. The van der Waals surface area contributed by atoms with E-state index >= 15 is 0 Å². The number of halogens is 1. The lowest BCUT2D eigenvalue weighted by molar-refractivity contribution is -0.384. The van der Waals surface area contributed by atoms with Crippen molar-refractivity contribution in [1.82, 2.24) is 10.2 Å². The zero-order valence-electron chi connectivity index (χ0n) is 9.29. The molecule has 6 nitrogen and oxygen atoms in total. The molecule has 8 heteroatoms. The van der Waals surface area contributed by atoms with Gasteiger partial charge >= 0.3 is 0 Å². The van der Waals surface area contributed by atoms with E-state index < -0.39 is 4.92 Å². The molecule has 0 saturated carbocycles. The SMILES string of the molecule is Cc1nnc(COc2ccc([N+](=O)[O-])cc2Cl)s1. The van der Waals surface area contributed by atoms with E-state index in [4.69, 9.17) is 16.3 Å². The number of hydrogen-bond donors (Lipinski definition) is 0. The Morgan fingerprint density at radius 1 is 1.50 bits per heavy atom. The molecule has 94 valence electrons. The van der Waals surface area contributed by atoms with Gasteiger partial charge < -0.3 is 4.74 Å². The van der Waals surface area contributed by atoms with Crippen LogP contribution in [0.5, 0.6) is 5.75 Å². The number of rotatable bonds is 4. The van der Waals surface area contributed by atoms with Gasteiger partial charge in [-0.25, -0.2) is 0 Å². The first-order chi connectivity index (χ1) is 8.56. The van der Waals surface area contributed by atoms with Gasteiger partial charge in [0.1, 0.15) is 17.4 Å². The van der Waals surface area contributed by atoms with Gasteiger partial charge in [0.05, 0.1) is 9.95 Å². The molecule has 2 aromatic rings. The Bertz CT molecular complexity index is 587. The molecular formula is C10H8ClN3O3S. The van der Waals surface area contributed by atoms with Crippen LogP contribution < -0.4 is 4.74 Å².